The standard InChI is InChI=1S/C34H29ClS/c1-6-25-7-13-30(21(2)19-25)33-17-18-34(36-33)32-16-15-31(23(4)24(32)5)29-14-10-27(20-22(29)3)26-8-11-28(35)12-9-26/h7-20H,4-6H2,1-3H3. The second-order valence-corrected chi connectivity index (χ2v) is 10.8. The number of thiophene rings is 1. The molecule has 4 aromatic carbocycles. The lowest BCUT2D eigenvalue weighted by atomic mass is 9.93. The van der Waals surface area contributed by atoms with Gasteiger partial charge in [0.15, 0.2) is 0 Å². The van der Waals surface area contributed by atoms with Gasteiger partial charge in [-0.2, -0.15) is 0 Å². The Bertz CT molecular complexity index is 1670. The van der Waals surface area contributed by atoms with Crippen molar-refractivity contribution in [2.45, 2.75) is 27.2 Å². The average Bonchev–Trinajstić information content (AvgIpc) is 3.36. The first-order chi connectivity index (χ1) is 17.4. The third-order valence-electron chi connectivity index (χ3n) is 6.96. The normalized spacial score (nSPS) is 11.1. The van der Waals surface area contributed by atoms with Crippen LogP contribution in [0.4, 0.5) is 0 Å². The van der Waals surface area contributed by atoms with Crippen molar-refractivity contribution in [3.63, 3.8) is 0 Å². The van der Waals surface area contributed by atoms with Gasteiger partial charge in [0.25, 0.3) is 0 Å². The average molecular weight is 505 g/mol. The summed E-state index contributed by atoms with van der Waals surface area (Å²) in [5, 5.41) is 2.72. The SMILES string of the molecule is C=c1c(-c2ccc(-c3ccc(CC)cc3C)s2)ccc(-c2ccc(-c3ccc(Cl)cc3)cc2C)c1=C. The fourth-order valence-electron chi connectivity index (χ4n) is 4.81. The van der Waals surface area contributed by atoms with E-state index in [9.17, 15) is 0 Å². The van der Waals surface area contributed by atoms with E-state index in [1.54, 1.807) is 0 Å². The maximum absolute atomic E-state index is 6.06. The Morgan fingerprint density at radius 1 is 0.611 bits per heavy atom. The Morgan fingerprint density at radius 2 is 1.17 bits per heavy atom. The minimum atomic E-state index is 0.749. The first-order valence-electron chi connectivity index (χ1n) is 12.2. The van der Waals surface area contributed by atoms with Crippen LogP contribution >= 0.6 is 22.9 Å². The van der Waals surface area contributed by atoms with Gasteiger partial charge in [-0.05, 0) is 105 Å². The van der Waals surface area contributed by atoms with E-state index >= 15 is 0 Å². The zero-order chi connectivity index (χ0) is 25.4. The Labute approximate surface area is 222 Å². The molecule has 0 fully saturated rings. The zero-order valence-electron chi connectivity index (χ0n) is 21.0. The molecule has 0 nitrogen and oxygen atoms in total. The molecule has 0 atom stereocenters. The molecule has 2 heteroatoms. The molecule has 0 spiro atoms. The summed E-state index contributed by atoms with van der Waals surface area (Å²) < 4.78 is 0. The molecule has 0 bridgehead atoms. The van der Waals surface area contributed by atoms with Gasteiger partial charge in [-0.3, -0.25) is 0 Å². The molecule has 0 aliphatic rings. The van der Waals surface area contributed by atoms with Gasteiger partial charge in [-0.25, -0.2) is 0 Å². The highest BCUT2D eigenvalue weighted by atomic mass is 35.5. The van der Waals surface area contributed by atoms with Gasteiger partial charge in [-0.1, -0.05) is 92.3 Å². The fourth-order valence-corrected chi connectivity index (χ4v) is 6.09. The van der Waals surface area contributed by atoms with Crippen LogP contribution in [0.1, 0.15) is 23.6 Å². The van der Waals surface area contributed by atoms with Crippen molar-refractivity contribution in [2.75, 3.05) is 0 Å². The number of benzene rings is 4. The van der Waals surface area contributed by atoms with Gasteiger partial charge < -0.3 is 0 Å². The molecule has 5 aromatic rings. The van der Waals surface area contributed by atoms with Crippen LogP contribution in [-0.4, -0.2) is 0 Å². The third-order valence-corrected chi connectivity index (χ3v) is 8.37. The molecule has 0 N–H and O–H groups in total. The maximum Gasteiger partial charge on any atom is 0.0406 e. The van der Waals surface area contributed by atoms with Crippen LogP contribution in [0.25, 0.3) is 56.3 Å². The van der Waals surface area contributed by atoms with Crippen LogP contribution in [-0.2, 0) is 6.42 Å². The predicted octanol–water partition coefficient (Wildman–Crippen LogP) is 9.07. The number of halogens is 1. The van der Waals surface area contributed by atoms with Gasteiger partial charge in [0.2, 0.25) is 0 Å². The van der Waals surface area contributed by atoms with E-state index in [4.69, 9.17) is 11.6 Å². The number of rotatable bonds is 5. The van der Waals surface area contributed by atoms with E-state index in [0.717, 1.165) is 38.6 Å². The van der Waals surface area contributed by atoms with Gasteiger partial charge in [0.1, 0.15) is 0 Å². The van der Waals surface area contributed by atoms with Gasteiger partial charge in [0, 0.05) is 14.8 Å². The molecule has 0 unspecified atom stereocenters. The summed E-state index contributed by atoms with van der Waals surface area (Å²) >= 11 is 7.88. The second kappa shape index (κ2) is 9.93. The van der Waals surface area contributed by atoms with E-state index in [0.29, 0.717) is 0 Å². The topological polar surface area (TPSA) is 0 Å². The molecule has 1 heterocycles. The van der Waals surface area contributed by atoms with E-state index in [1.165, 1.54) is 43.1 Å². The minimum absolute atomic E-state index is 0.749. The number of hydrogen-bond acceptors (Lipinski definition) is 1. The first kappa shape index (κ1) is 24.3. The van der Waals surface area contributed by atoms with Gasteiger partial charge >= 0.3 is 0 Å². The Hall–Kier alpha value is -3.39. The Kier molecular flexibility index (Phi) is 6.71. The lowest BCUT2D eigenvalue weighted by Gasteiger charge is -2.12. The Morgan fingerprint density at radius 3 is 1.83 bits per heavy atom. The Balaban J connectivity index is 1.49. The highest BCUT2D eigenvalue weighted by molar-refractivity contribution is 7.18. The van der Waals surface area contributed by atoms with E-state index < -0.39 is 0 Å². The molecule has 0 saturated carbocycles. The summed E-state index contributed by atoms with van der Waals surface area (Å²) in [4.78, 5) is 2.51. The largest absolute Gasteiger partial charge is 0.135 e. The smallest absolute Gasteiger partial charge is 0.0406 e. The highest BCUT2D eigenvalue weighted by Crippen LogP contribution is 2.35. The van der Waals surface area contributed by atoms with Crippen LogP contribution in [0.2, 0.25) is 5.02 Å². The van der Waals surface area contributed by atoms with Crippen LogP contribution in [0, 0.1) is 13.8 Å². The van der Waals surface area contributed by atoms with Gasteiger partial charge in [0.05, 0.1) is 0 Å². The van der Waals surface area contributed by atoms with Crippen molar-refractivity contribution in [1.82, 2.24) is 0 Å². The molecule has 178 valence electrons. The minimum Gasteiger partial charge on any atom is -0.135 e. The third kappa shape index (κ3) is 4.57. The summed E-state index contributed by atoms with van der Waals surface area (Å²) in [6, 6.07) is 30.2. The summed E-state index contributed by atoms with van der Waals surface area (Å²) in [5.41, 5.74) is 11.0. The zero-order valence-corrected chi connectivity index (χ0v) is 22.6. The summed E-state index contributed by atoms with van der Waals surface area (Å²) in [6.07, 6.45) is 1.06. The van der Waals surface area contributed by atoms with Gasteiger partial charge in [-0.15, -0.1) is 11.3 Å². The van der Waals surface area contributed by atoms with Crippen LogP contribution in [0.3, 0.4) is 0 Å². The molecule has 0 saturated heterocycles. The van der Waals surface area contributed by atoms with Crippen molar-refractivity contribution < 1.29 is 0 Å². The molecule has 0 radical (unpaired) electrons. The van der Waals surface area contributed by atoms with Crippen molar-refractivity contribution in [3.8, 4) is 43.1 Å². The van der Waals surface area contributed by atoms with E-state index in [1.807, 2.05) is 23.5 Å². The number of aryl methyl sites for hydroxylation is 3. The quantitative estimate of drug-likeness (QED) is 0.224. The molecular weight excluding hydrogens is 476 g/mol. The summed E-state index contributed by atoms with van der Waals surface area (Å²) in [7, 11) is 0. The molecule has 5 rings (SSSR count). The maximum atomic E-state index is 6.06. The summed E-state index contributed by atoms with van der Waals surface area (Å²) in [6.45, 7) is 15.4. The molecule has 0 amide bonds. The number of hydrogen-bond donors (Lipinski definition) is 0. The van der Waals surface area contributed by atoms with Crippen molar-refractivity contribution >= 4 is 36.1 Å². The molecular formula is C34H29ClS. The van der Waals surface area contributed by atoms with E-state index in [2.05, 4.69) is 107 Å². The fraction of sp³-hybridized carbons (Fsp3) is 0.118. The predicted molar refractivity (Wildman–Crippen MR) is 160 cm³/mol. The van der Waals surface area contributed by atoms with Crippen LogP contribution in [0.5, 0.6) is 0 Å². The molecule has 36 heavy (non-hydrogen) atoms. The molecule has 0 aliphatic carbocycles. The summed E-state index contributed by atoms with van der Waals surface area (Å²) in [5.74, 6) is 0. The van der Waals surface area contributed by atoms with Crippen molar-refractivity contribution in [3.05, 3.63) is 117 Å². The van der Waals surface area contributed by atoms with Crippen LogP contribution in [0.15, 0.2) is 84.9 Å². The van der Waals surface area contributed by atoms with Crippen molar-refractivity contribution in [1.29, 1.82) is 0 Å². The van der Waals surface area contributed by atoms with Crippen molar-refractivity contribution in [2.24, 2.45) is 0 Å². The monoisotopic (exact) mass is 504 g/mol. The molecule has 1 aromatic heterocycles. The lowest BCUT2D eigenvalue weighted by Crippen LogP contribution is -2.26. The van der Waals surface area contributed by atoms with Crippen LogP contribution < -0.4 is 10.4 Å². The second-order valence-electron chi connectivity index (χ2n) is 9.32. The highest BCUT2D eigenvalue weighted by Gasteiger charge is 2.12. The molecule has 0 aliphatic heterocycles. The lowest BCUT2D eigenvalue weighted by molar-refractivity contribution is 1.13. The van der Waals surface area contributed by atoms with E-state index in [-0.39, 0.29) is 0 Å². The first-order valence-corrected chi connectivity index (χ1v) is 13.4.